The molecular formula is C19H15FN6O. The molecule has 0 spiro atoms. The summed E-state index contributed by atoms with van der Waals surface area (Å²) in [5, 5.41) is 9.28. The van der Waals surface area contributed by atoms with Crippen molar-refractivity contribution in [3.63, 3.8) is 0 Å². The van der Waals surface area contributed by atoms with E-state index in [1.165, 1.54) is 18.5 Å². The van der Waals surface area contributed by atoms with Gasteiger partial charge < -0.3 is 4.74 Å². The second kappa shape index (κ2) is 7.20. The molecule has 0 atom stereocenters. The Morgan fingerprint density at radius 1 is 1.15 bits per heavy atom. The monoisotopic (exact) mass is 362 g/mol. The van der Waals surface area contributed by atoms with Gasteiger partial charge in [0.15, 0.2) is 11.5 Å². The maximum Gasteiger partial charge on any atom is 0.168 e. The number of hydrazone groups is 1. The molecule has 0 radical (unpaired) electrons. The molecular weight excluding hydrogens is 347 g/mol. The van der Waals surface area contributed by atoms with Gasteiger partial charge in [0.1, 0.15) is 17.9 Å². The number of hydrogen-bond donors (Lipinski definition) is 1. The van der Waals surface area contributed by atoms with Gasteiger partial charge in [0, 0.05) is 6.07 Å². The zero-order valence-corrected chi connectivity index (χ0v) is 14.4. The van der Waals surface area contributed by atoms with Gasteiger partial charge in [-0.3, -0.25) is 5.43 Å². The topological polar surface area (TPSA) is 77.2 Å². The van der Waals surface area contributed by atoms with Crippen molar-refractivity contribution in [3.8, 4) is 11.4 Å². The molecule has 0 saturated heterocycles. The van der Waals surface area contributed by atoms with Gasteiger partial charge in [-0.05, 0) is 29.8 Å². The number of fused-ring (bicyclic) bond motifs is 1. The number of halogens is 1. The number of methoxy groups -OCH3 is 1. The van der Waals surface area contributed by atoms with Crippen LogP contribution in [0.3, 0.4) is 0 Å². The molecule has 1 N–H and O–H groups in total. The quantitative estimate of drug-likeness (QED) is 0.435. The predicted molar refractivity (Wildman–Crippen MR) is 101 cm³/mol. The first kappa shape index (κ1) is 16.6. The van der Waals surface area contributed by atoms with Crippen molar-refractivity contribution < 1.29 is 9.13 Å². The molecule has 7 nitrogen and oxygen atoms in total. The fourth-order valence-electron chi connectivity index (χ4n) is 2.58. The molecule has 0 amide bonds. The summed E-state index contributed by atoms with van der Waals surface area (Å²) in [5.41, 5.74) is 5.11. The fraction of sp³-hybridized carbons (Fsp3) is 0.0526. The van der Waals surface area contributed by atoms with Gasteiger partial charge >= 0.3 is 0 Å². The Kier molecular flexibility index (Phi) is 4.44. The van der Waals surface area contributed by atoms with Crippen LogP contribution in [0, 0.1) is 5.82 Å². The first-order valence-electron chi connectivity index (χ1n) is 8.12. The number of ether oxygens (including phenoxy) is 1. The van der Waals surface area contributed by atoms with Crippen LogP contribution in [-0.4, -0.2) is 33.1 Å². The molecule has 134 valence electrons. The molecule has 4 rings (SSSR count). The summed E-state index contributed by atoms with van der Waals surface area (Å²) >= 11 is 0. The number of rotatable bonds is 5. The van der Waals surface area contributed by atoms with Gasteiger partial charge in [0.2, 0.25) is 0 Å². The fourth-order valence-corrected chi connectivity index (χ4v) is 2.58. The average molecular weight is 362 g/mol. The van der Waals surface area contributed by atoms with Gasteiger partial charge in [-0.15, -0.1) is 0 Å². The van der Waals surface area contributed by atoms with E-state index in [-0.39, 0.29) is 5.82 Å². The molecule has 4 aromatic rings. The zero-order valence-electron chi connectivity index (χ0n) is 14.4. The summed E-state index contributed by atoms with van der Waals surface area (Å²) in [4.78, 5) is 8.54. The third-order valence-electron chi connectivity index (χ3n) is 3.92. The average Bonchev–Trinajstić information content (AvgIpc) is 3.14. The molecule has 0 unspecified atom stereocenters. The second-order valence-corrected chi connectivity index (χ2v) is 5.64. The molecule has 0 saturated carbocycles. The zero-order chi connectivity index (χ0) is 18.6. The van der Waals surface area contributed by atoms with Crippen LogP contribution in [0.25, 0.3) is 16.7 Å². The normalized spacial score (nSPS) is 11.2. The minimum absolute atomic E-state index is 0.289. The number of benzene rings is 2. The number of aromatic nitrogens is 4. The maximum atomic E-state index is 12.9. The van der Waals surface area contributed by atoms with E-state index in [9.17, 15) is 4.39 Å². The lowest BCUT2D eigenvalue weighted by molar-refractivity contribution is 0.414. The van der Waals surface area contributed by atoms with Crippen molar-refractivity contribution in [3.05, 3.63) is 72.4 Å². The third kappa shape index (κ3) is 3.45. The van der Waals surface area contributed by atoms with Crippen molar-refractivity contribution >= 4 is 23.1 Å². The number of anilines is 1. The largest absolute Gasteiger partial charge is 0.497 e. The van der Waals surface area contributed by atoms with Crippen LogP contribution in [0.5, 0.6) is 5.75 Å². The lowest BCUT2D eigenvalue weighted by Crippen LogP contribution is -2.00. The van der Waals surface area contributed by atoms with E-state index >= 15 is 0 Å². The number of nitrogens with zero attached hydrogens (tertiary/aromatic N) is 5. The highest BCUT2D eigenvalue weighted by molar-refractivity contribution is 5.88. The van der Waals surface area contributed by atoms with Crippen LogP contribution < -0.4 is 10.2 Å². The van der Waals surface area contributed by atoms with Crippen LogP contribution >= 0.6 is 0 Å². The Labute approximate surface area is 154 Å². The van der Waals surface area contributed by atoms with E-state index in [2.05, 4.69) is 25.6 Å². The van der Waals surface area contributed by atoms with Crippen LogP contribution in [0.15, 0.2) is 66.2 Å². The summed E-state index contributed by atoms with van der Waals surface area (Å²) in [7, 11) is 1.61. The predicted octanol–water partition coefficient (Wildman–Crippen LogP) is 3.41. The summed E-state index contributed by atoms with van der Waals surface area (Å²) in [5.74, 6) is 0.961. The van der Waals surface area contributed by atoms with E-state index in [0.717, 1.165) is 22.4 Å². The Hall–Kier alpha value is -3.81. The molecule has 0 aliphatic rings. The summed E-state index contributed by atoms with van der Waals surface area (Å²) in [6, 6.07) is 13.6. The molecule has 27 heavy (non-hydrogen) atoms. The van der Waals surface area contributed by atoms with E-state index in [1.807, 2.05) is 24.3 Å². The number of hydrogen-bond acceptors (Lipinski definition) is 6. The van der Waals surface area contributed by atoms with Crippen molar-refractivity contribution in [2.24, 2.45) is 5.10 Å². The minimum Gasteiger partial charge on any atom is -0.497 e. The molecule has 0 aliphatic heterocycles. The van der Waals surface area contributed by atoms with E-state index in [4.69, 9.17) is 4.74 Å². The minimum atomic E-state index is -0.289. The van der Waals surface area contributed by atoms with Gasteiger partial charge in [0.05, 0.1) is 30.6 Å². The van der Waals surface area contributed by atoms with Gasteiger partial charge in [-0.25, -0.2) is 19.0 Å². The Morgan fingerprint density at radius 2 is 2.00 bits per heavy atom. The standard InChI is InChI=1S/C19H15FN6O/c1-27-16-4-2-3-15(9-16)26-19-17(11-24-26)18(21-12-22-19)25-23-10-13-5-7-14(20)8-6-13/h2-12H,1H3,(H,21,22,25). The van der Waals surface area contributed by atoms with Crippen LogP contribution in [0.4, 0.5) is 10.2 Å². The lowest BCUT2D eigenvalue weighted by atomic mass is 10.2. The van der Waals surface area contributed by atoms with Crippen molar-refractivity contribution in [1.29, 1.82) is 0 Å². The Bertz CT molecular complexity index is 1110. The molecule has 2 aromatic carbocycles. The lowest BCUT2D eigenvalue weighted by Gasteiger charge is -2.06. The molecule has 0 bridgehead atoms. The Balaban J connectivity index is 1.63. The summed E-state index contributed by atoms with van der Waals surface area (Å²) in [6.45, 7) is 0. The highest BCUT2D eigenvalue weighted by Gasteiger charge is 2.11. The first-order valence-corrected chi connectivity index (χ1v) is 8.12. The highest BCUT2D eigenvalue weighted by Crippen LogP contribution is 2.23. The first-order chi connectivity index (χ1) is 13.2. The van der Waals surface area contributed by atoms with E-state index in [1.54, 1.807) is 36.3 Å². The number of nitrogens with one attached hydrogen (secondary N) is 1. The summed E-state index contributed by atoms with van der Waals surface area (Å²) in [6.07, 6.45) is 4.70. The van der Waals surface area contributed by atoms with Crippen molar-refractivity contribution in [1.82, 2.24) is 19.7 Å². The Morgan fingerprint density at radius 3 is 2.81 bits per heavy atom. The molecule has 8 heteroatoms. The van der Waals surface area contributed by atoms with Gasteiger partial charge in [-0.2, -0.15) is 10.2 Å². The van der Waals surface area contributed by atoms with Gasteiger partial charge in [-0.1, -0.05) is 18.2 Å². The van der Waals surface area contributed by atoms with Crippen molar-refractivity contribution in [2.45, 2.75) is 0 Å². The van der Waals surface area contributed by atoms with E-state index < -0.39 is 0 Å². The van der Waals surface area contributed by atoms with Crippen LogP contribution in [-0.2, 0) is 0 Å². The molecule has 0 aliphatic carbocycles. The van der Waals surface area contributed by atoms with Crippen LogP contribution in [0.2, 0.25) is 0 Å². The third-order valence-corrected chi connectivity index (χ3v) is 3.92. The van der Waals surface area contributed by atoms with Gasteiger partial charge in [0.25, 0.3) is 0 Å². The highest BCUT2D eigenvalue weighted by atomic mass is 19.1. The molecule has 2 heterocycles. The smallest absolute Gasteiger partial charge is 0.168 e. The molecule has 2 aromatic heterocycles. The molecule has 0 fully saturated rings. The second-order valence-electron chi connectivity index (χ2n) is 5.64. The SMILES string of the molecule is COc1cccc(-n2ncc3c(NN=Cc4ccc(F)cc4)ncnc32)c1. The van der Waals surface area contributed by atoms with Crippen LogP contribution in [0.1, 0.15) is 5.56 Å². The summed E-state index contributed by atoms with van der Waals surface area (Å²) < 4.78 is 19.9. The maximum absolute atomic E-state index is 12.9. The van der Waals surface area contributed by atoms with Crippen molar-refractivity contribution in [2.75, 3.05) is 12.5 Å². The van der Waals surface area contributed by atoms with E-state index in [0.29, 0.717) is 11.5 Å².